The lowest BCUT2D eigenvalue weighted by Crippen LogP contribution is -2.23. The zero-order valence-corrected chi connectivity index (χ0v) is 11.6. The molecule has 0 amide bonds. The Morgan fingerprint density at radius 3 is 2.29 bits per heavy atom. The average Bonchev–Trinajstić information content (AvgIpc) is 2.27. The lowest BCUT2D eigenvalue weighted by Gasteiger charge is -2.21. The molecule has 1 rings (SSSR count). The number of hydrogen-bond donors (Lipinski definition) is 0. The molecule has 0 aliphatic rings. The fraction of sp³-hybridized carbons (Fsp3) is 0.500. The third-order valence-electron chi connectivity index (χ3n) is 2.44. The second-order valence-corrected chi connectivity index (χ2v) is 5.64. The SMILES string of the molecule is CC(C#CC(C)(C)C)CN(C)c1ccccc1. The van der Waals surface area contributed by atoms with E-state index in [9.17, 15) is 0 Å². The van der Waals surface area contributed by atoms with Crippen molar-refractivity contribution in [2.75, 3.05) is 18.5 Å². The number of anilines is 1. The molecular formula is C16H23N. The molecule has 0 bridgehead atoms. The quantitative estimate of drug-likeness (QED) is 0.712. The number of nitrogens with zero attached hydrogens (tertiary/aromatic N) is 1. The summed E-state index contributed by atoms with van der Waals surface area (Å²) < 4.78 is 0. The average molecular weight is 229 g/mol. The van der Waals surface area contributed by atoms with Gasteiger partial charge >= 0.3 is 0 Å². The van der Waals surface area contributed by atoms with Crippen molar-refractivity contribution in [3.05, 3.63) is 30.3 Å². The van der Waals surface area contributed by atoms with Crippen LogP contribution in [0.4, 0.5) is 5.69 Å². The summed E-state index contributed by atoms with van der Waals surface area (Å²) in [6, 6.07) is 10.4. The van der Waals surface area contributed by atoms with E-state index in [0.29, 0.717) is 5.92 Å². The van der Waals surface area contributed by atoms with Crippen molar-refractivity contribution in [3.8, 4) is 11.8 Å². The van der Waals surface area contributed by atoms with E-state index in [1.807, 2.05) is 6.07 Å². The van der Waals surface area contributed by atoms with Crippen molar-refractivity contribution < 1.29 is 0 Å². The molecular weight excluding hydrogens is 206 g/mol. The van der Waals surface area contributed by atoms with E-state index < -0.39 is 0 Å². The zero-order valence-electron chi connectivity index (χ0n) is 11.6. The predicted molar refractivity (Wildman–Crippen MR) is 76.1 cm³/mol. The molecule has 0 radical (unpaired) electrons. The summed E-state index contributed by atoms with van der Waals surface area (Å²) in [4.78, 5) is 2.25. The van der Waals surface area contributed by atoms with Gasteiger partial charge in [-0.25, -0.2) is 0 Å². The monoisotopic (exact) mass is 229 g/mol. The lowest BCUT2D eigenvalue weighted by atomic mass is 9.96. The highest BCUT2D eigenvalue weighted by Gasteiger charge is 2.07. The van der Waals surface area contributed by atoms with E-state index in [0.717, 1.165) is 6.54 Å². The van der Waals surface area contributed by atoms with Gasteiger partial charge in [0.2, 0.25) is 0 Å². The second kappa shape index (κ2) is 5.77. The van der Waals surface area contributed by atoms with E-state index >= 15 is 0 Å². The topological polar surface area (TPSA) is 3.24 Å². The third-order valence-corrected chi connectivity index (χ3v) is 2.44. The summed E-state index contributed by atoms with van der Waals surface area (Å²) in [5.74, 6) is 7.02. The van der Waals surface area contributed by atoms with Crippen LogP contribution >= 0.6 is 0 Å². The Balaban J connectivity index is 2.57. The first-order chi connectivity index (χ1) is 7.88. The van der Waals surface area contributed by atoms with Gasteiger partial charge in [-0.05, 0) is 39.8 Å². The van der Waals surface area contributed by atoms with Gasteiger partial charge < -0.3 is 4.90 Å². The highest BCUT2D eigenvalue weighted by Crippen LogP contribution is 2.14. The minimum absolute atomic E-state index is 0.0968. The maximum Gasteiger partial charge on any atom is 0.0363 e. The van der Waals surface area contributed by atoms with Crippen LogP contribution in [0.1, 0.15) is 27.7 Å². The molecule has 1 aromatic carbocycles. The van der Waals surface area contributed by atoms with Crippen LogP contribution in [-0.2, 0) is 0 Å². The number of benzene rings is 1. The third kappa shape index (κ3) is 5.45. The normalized spacial score (nSPS) is 12.5. The molecule has 1 aromatic rings. The smallest absolute Gasteiger partial charge is 0.0363 e. The van der Waals surface area contributed by atoms with Crippen LogP contribution in [0, 0.1) is 23.2 Å². The minimum atomic E-state index is 0.0968. The molecule has 0 saturated heterocycles. The highest BCUT2D eigenvalue weighted by molar-refractivity contribution is 5.45. The van der Waals surface area contributed by atoms with Crippen LogP contribution in [0.15, 0.2) is 30.3 Å². The highest BCUT2D eigenvalue weighted by atomic mass is 15.1. The molecule has 0 aliphatic heterocycles. The molecule has 0 spiro atoms. The molecule has 1 atom stereocenters. The second-order valence-electron chi connectivity index (χ2n) is 5.64. The van der Waals surface area contributed by atoms with Gasteiger partial charge in [-0.1, -0.05) is 30.0 Å². The van der Waals surface area contributed by atoms with Crippen LogP contribution < -0.4 is 4.90 Å². The summed E-state index contributed by atoms with van der Waals surface area (Å²) >= 11 is 0. The van der Waals surface area contributed by atoms with E-state index in [-0.39, 0.29) is 5.41 Å². The molecule has 92 valence electrons. The van der Waals surface area contributed by atoms with Crippen molar-refractivity contribution >= 4 is 5.69 Å². The Hall–Kier alpha value is -1.42. The summed E-state index contributed by atoms with van der Waals surface area (Å²) in [5, 5.41) is 0. The van der Waals surface area contributed by atoms with Gasteiger partial charge in [-0.3, -0.25) is 0 Å². The minimum Gasteiger partial charge on any atom is -0.373 e. The van der Waals surface area contributed by atoms with Crippen LogP contribution in [0.25, 0.3) is 0 Å². The fourth-order valence-corrected chi connectivity index (χ4v) is 1.58. The maximum absolute atomic E-state index is 3.33. The maximum atomic E-state index is 3.33. The summed E-state index contributed by atoms with van der Waals surface area (Å²) in [6.07, 6.45) is 0. The number of hydrogen-bond acceptors (Lipinski definition) is 1. The van der Waals surface area contributed by atoms with Gasteiger partial charge in [0.15, 0.2) is 0 Å². The molecule has 17 heavy (non-hydrogen) atoms. The van der Waals surface area contributed by atoms with Crippen LogP contribution in [0.2, 0.25) is 0 Å². The zero-order chi connectivity index (χ0) is 12.9. The van der Waals surface area contributed by atoms with Crippen molar-refractivity contribution in [1.29, 1.82) is 0 Å². The van der Waals surface area contributed by atoms with Crippen molar-refractivity contribution in [2.24, 2.45) is 11.3 Å². The van der Waals surface area contributed by atoms with E-state index in [1.165, 1.54) is 5.69 Å². The molecule has 0 N–H and O–H groups in total. The van der Waals surface area contributed by atoms with Crippen molar-refractivity contribution in [2.45, 2.75) is 27.7 Å². The van der Waals surface area contributed by atoms with Gasteiger partial charge in [-0.2, -0.15) is 0 Å². The molecule has 1 nitrogen and oxygen atoms in total. The Morgan fingerprint density at radius 1 is 1.18 bits per heavy atom. The summed E-state index contributed by atoms with van der Waals surface area (Å²) in [7, 11) is 2.12. The number of para-hydroxylation sites is 1. The fourth-order valence-electron chi connectivity index (χ4n) is 1.58. The Morgan fingerprint density at radius 2 is 1.76 bits per heavy atom. The lowest BCUT2D eigenvalue weighted by molar-refractivity contribution is 0.567. The standard InChI is InChI=1S/C16H23N/c1-14(11-12-16(2,3)4)13-17(5)15-9-7-6-8-10-15/h6-10,14H,13H2,1-5H3. The molecule has 0 saturated carbocycles. The molecule has 1 heteroatoms. The number of rotatable bonds is 3. The summed E-state index contributed by atoms with van der Waals surface area (Å²) in [6.45, 7) is 9.58. The Kier molecular flexibility index (Phi) is 4.63. The van der Waals surface area contributed by atoms with Gasteiger partial charge in [0, 0.05) is 30.6 Å². The Bertz CT molecular complexity index is 389. The van der Waals surface area contributed by atoms with E-state index in [1.54, 1.807) is 0 Å². The van der Waals surface area contributed by atoms with E-state index in [4.69, 9.17) is 0 Å². The van der Waals surface area contributed by atoms with Gasteiger partial charge in [-0.15, -0.1) is 0 Å². The van der Waals surface area contributed by atoms with Gasteiger partial charge in [0.05, 0.1) is 0 Å². The molecule has 0 heterocycles. The first-order valence-electron chi connectivity index (χ1n) is 6.17. The predicted octanol–water partition coefficient (Wildman–Crippen LogP) is 3.81. The van der Waals surface area contributed by atoms with Crippen molar-refractivity contribution in [3.63, 3.8) is 0 Å². The largest absolute Gasteiger partial charge is 0.373 e. The van der Waals surface area contributed by atoms with E-state index in [2.05, 4.69) is 75.7 Å². The van der Waals surface area contributed by atoms with Crippen molar-refractivity contribution in [1.82, 2.24) is 0 Å². The summed E-state index contributed by atoms with van der Waals surface area (Å²) in [5.41, 5.74) is 1.34. The first-order valence-corrected chi connectivity index (χ1v) is 6.17. The first kappa shape index (κ1) is 13.6. The Labute approximate surface area is 106 Å². The van der Waals surface area contributed by atoms with Crippen LogP contribution in [0.3, 0.4) is 0 Å². The molecule has 1 unspecified atom stereocenters. The van der Waals surface area contributed by atoms with Gasteiger partial charge in [0.1, 0.15) is 0 Å². The van der Waals surface area contributed by atoms with Crippen LogP contribution in [-0.4, -0.2) is 13.6 Å². The van der Waals surface area contributed by atoms with Gasteiger partial charge in [0.25, 0.3) is 0 Å². The molecule has 0 aromatic heterocycles. The van der Waals surface area contributed by atoms with Crippen LogP contribution in [0.5, 0.6) is 0 Å². The molecule has 0 aliphatic carbocycles. The molecule has 0 fully saturated rings.